The Morgan fingerprint density at radius 3 is 2.74 bits per heavy atom. The Morgan fingerprint density at radius 1 is 1.26 bits per heavy atom. The molecule has 1 aromatic heterocycles. The Balaban J connectivity index is 1.18. The van der Waals surface area contributed by atoms with Crippen molar-refractivity contribution in [3.8, 4) is 5.75 Å². The van der Waals surface area contributed by atoms with Gasteiger partial charge >= 0.3 is 0 Å². The molecule has 8 nitrogen and oxygen atoms in total. The Morgan fingerprint density at radius 2 is 2.04 bits per heavy atom. The SMILES string of the molecule is O=C(NC1CN(Cc2ccc(OCCCO)cc2)C1)c1cn(C2CC2)nn1. The van der Waals surface area contributed by atoms with Crippen LogP contribution in [0.25, 0.3) is 0 Å². The van der Waals surface area contributed by atoms with Crippen molar-refractivity contribution < 1.29 is 14.6 Å². The van der Waals surface area contributed by atoms with E-state index in [1.54, 1.807) is 10.9 Å². The maximum Gasteiger partial charge on any atom is 0.273 e. The molecule has 1 saturated carbocycles. The molecule has 0 spiro atoms. The predicted octanol–water partition coefficient (Wildman–Crippen LogP) is 0.988. The number of nitrogens with zero attached hydrogens (tertiary/aromatic N) is 4. The van der Waals surface area contributed by atoms with E-state index in [-0.39, 0.29) is 18.6 Å². The summed E-state index contributed by atoms with van der Waals surface area (Å²) < 4.78 is 7.33. The van der Waals surface area contributed by atoms with Gasteiger partial charge in [-0.25, -0.2) is 4.68 Å². The molecule has 2 N–H and O–H groups in total. The standard InChI is InChI=1S/C19H25N5O3/c25-8-1-9-27-17-6-2-14(3-7-17)10-23-11-15(12-23)20-19(26)18-13-24(22-21-18)16-4-5-16/h2-3,6-7,13,15-16,25H,1,4-5,8-12H2,(H,20,26). The molecule has 1 saturated heterocycles. The molecule has 144 valence electrons. The number of rotatable bonds is 9. The smallest absolute Gasteiger partial charge is 0.273 e. The topological polar surface area (TPSA) is 92.5 Å². The number of nitrogens with one attached hydrogen (secondary N) is 1. The van der Waals surface area contributed by atoms with Crippen LogP contribution in [0.5, 0.6) is 5.75 Å². The van der Waals surface area contributed by atoms with Gasteiger partial charge in [-0.2, -0.15) is 0 Å². The van der Waals surface area contributed by atoms with Crippen molar-refractivity contribution in [3.63, 3.8) is 0 Å². The van der Waals surface area contributed by atoms with Gasteiger partial charge in [0.05, 0.1) is 24.9 Å². The third-order valence-corrected chi connectivity index (χ3v) is 4.86. The molecular weight excluding hydrogens is 346 g/mol. The lowest BCUT2D eigenvalue weighted by molar-refractivity contribution is 0.0790. The van der Waals surface area contributed by atoms with Crippen LogP contribution < -0.4 is 10.1 Å². The van der Waals surface area contributed by atoms with Gasteiger partial charge in [0.25, 0.3) is 5.91 Å². The minimum Gasteiger partial charge on any atom is -0.494 e. The van der Waals surface area contributed by atoms with Crippen molar-refractivity contribution in [1.82, 2.24) is 25.2 Å². The van der Waals surface area contributed by atoms with Crippen molar-refractivity contribution in [1.29, 1.82) is 0 Å². The van der Waals surface area contributed by atoms with Gasteiger partial charge in [0.2, 0.25) is 0 Å². The zero-order valence-electron chi connectivity index (χ0n) is 15.3. The van der Waals surface area contributed by atoms with Gasteiger partial charge in [-0.05, 0) is 30.5 Å². The molecule has 0 bridgehead atoms. The third kappa shape index (κ3) is 4.64. The second-order valence-electron chi connectivity index (χ2n) is 7.25. The van der Waals surface area contributed by atoms with Crippen LogP contribution >= 0.6 is 0 Å². The summed E-state index contributed by atoms with van der Waals surface area (Å²) in [4.78, 5) is 14.5. The van der Waals surface area contributed by atoms with E-state index in [4.69, 9.17) is 9.84 Å². The number of aliphatic hydroxyl groups is 1. The van der Waals surface area contributed by atoms with Gasteiger partial charge < -0.3 is 15.2 Å². The maximum atomic E-state index is 12.2. The molecule has 2 aliphatic rings. The minimum atomic E-state index is -0.143. The summed E-state index contributed by atoms with van der Waals surface area (Å²) >= 11 is 0. The Hall–Kier alpha value is -2.45. The molecule has 1 amide bonds. The van der Waals surface area contributed by atoms with Gasteiger partial charge in [0.1, 0.15) is 5.75 Å². The van der Waals surface area contributed by atoms with Crippen LogP contribution in [0.15, 0.2) is 30.5 Å². The second-order valence-corrected chi connectivity index (χ2v) is 7.25. The summed E-state index contributed by atoms with van der Waals surface area (Å²) in [6.07, 6.45) is 4.63. The van der Waals surface area contributed by atoms with Crippen molar-refractivity contribution in [3.05, 3.63) is 41.7 Å². The lowest BCUT2D eigenvalue weighted by Crippen LogP contribution is -2.58. The number of carbonyl (C=O) groups excluding carboxylic acids is 1. The largest absolute Gasteiger partial charge is 0.494 e. The summed E-state index contributed by atoms with van der Waals surface area (Å²) in [5.74, 6) is 0.677. The normalized spacial score (nSPS) is 17.5. The van der Waals surface area contributed by atoms with E-state index in [2.05, 4.69) is 32.7 Å². The summed E-state index contributed by atoms with van der Waals surface area (Å²) in [5, 5.41) is 19.8. The molecular formula is C19H25N5O3. The highest BCUT2D eigenvalue weighted by molar-refractivity contribution is 5.92. The van der Waals surface area contributed by atoms with E-state index in [0.29, 0.717) is 24.8 Å². The summed E-state index contributed by atoms with van der Waals surface area (Å²) in [6.45, 7) is 3.18. The molecule has 1 aromatic carbocycles. The molecule has 1 aliphatic carbocycles. The number of aromatic nitrogens is 3. The number of aliphatic hydroxyl groups excluding tert-OH is 1. The Bertz CT molecular complexity index is 766. The molecule has 0 radical (unpaired) electrons. The first-order valence-corrected chi connectivity index (χ1v) is 9.49. The number of likely N-dealkylation sites (tertiary alicyclic amines) is 1. The average molecular weight is 371 g/mol. The van der Waals surface area contributed by atoms with Crippen LogP contribution in [0.2, 0.25) is 0 Å². The quantitative estimate of drug-likeness (QED) is 0.639. The molecule has 1 aliphatic heterocycles. The zero-order chi connectivity index (χ0) is 18.6. The molecule has 2 fully saturated rings. The highest BCUT2D eigenvalue weighted by Gasteiger charge is 2.30. The summed E-state index contributed by atoms with van der Waals surface area (Å²) in [6, 6.07) is 8.60. The molecule has 4 rings (SSSR count). The highest BCUT2D eigenvalue weighted by Crippen LogP contribution is 2.33. The fraction of sp³-hybridized carbons (Fsp3) is 0.526. The average Bonchev–Trinajstić information content (AvgIpc) is 3.38. The number of benzene rings is 1. The molecule has 8 heteroatoms. The molecule has 2 heterocycles. The van der Waals surface area contributed by atoms with Crippen LogP contribution in [0.4, 0.5) is 0 Å². The summed E-state index contributed by atoms with van der Waals surface area (Å²) in [7, 11) is 0. The van der Waals surface area contributed by atoms with Gasteiger partial charge in [-0.3, -0.25) is 9.69 Å². The van der Waals surface area contributed by atoms with Gasteiger partial charge in [-0.15, -0.1) is 5.10 Å². The summed E-state index contributed by atoms with van der Waals surface area (Å²) in [5.41, 5.74) is 1.61. The van der Waals surface area contributed by atoms with Crippen LogP contribution in [0, 0.1) is 0 Å². The van der Waals surface area contributed by atoms with Crippen LogP contribution in [-0.4, -0.2) is 63.3 Å². The van der Waals surface area contributed by atoms with Gasteiger partial charge in [0.15, 0.2) is 5.69 Å². The minimum absolute atomic E-state index is 0.143. The fourth-order valence-electron chi connectivity index (χ4n) is 3.15. The molecule has 0 unspecified atom stereocenters. The monoisotopic (exact) mass is 371 g/mol. The van der Waals surface area contributed by atoms with Crippen molar-refractivity contribution in [2.24, 2.45) is 0 Å². The first kappa shape index (κ1) is 17.9. The van der Waals surface area contributed by atoms with E-state index in [1.807, 2.05) is 12.1 Å². The van der Waals surface area contributed by atoms with Crippen molar-refractivity contribution in [2.45, 2.75) is 37.9 Å². The highest BCUT2D eigenvalue weighted by atomic mass is 16.5. The van der Waals surface area contributed by atoms with E-state index < -0.39 is 0 Å². The predicted molar refractivity (Wildman–Crippen MR) is 98.5 cm³/mol. The number of ether oxygens (including phenoxy) is 1. The van der Waals surface area contributed by atoms with Crippen molar-refractivity contribution in [2.75, 3.05) is 26.3 Å². The zero-order valence-corrected chi connectivity index (χ0v) is 15.3. The molecule has 2 aromatic rings. The Labute approximate surface area is 158 Å². The van der Waals surface area contributed by atoms with Gasteiger partial charge in [0, 0.05) is 32.7 Å². The lowest BCUT2D eigenvalue weighted by atomic mass is 10.1. The first-order chi connectivity index (χ1) is 13.2. The van der Waals surface area contributed by atoms with Gasteiger partial charge in [-0.1, -0.05) is 17.3 Å². The fourth-order valence-corrected chi connectivity index (χ4v) is 3.15. The van der Waals surface area contributed by atoms with E-state index >= 15 is 0 Å². The van der Waals surface area contributed by atoms with E-state index in [1.165, 1.54) is 5.56 Å². The van der Waals surface area contributed by atoms with Crippen LogP contribution in [0.1, 0.15) is 41.4 Å². The number of carbonyl (C=O) groups is 1. The second kappa shape index (κ2) is 8.06. The van der Waals surface area contributed by atoms with Crippen LogP contribution in [-0.2, 0) is 6.54 Å². The van der Waals surface area contributed by atoms with Crippen LogP contribution in [0.3, 0.4) is 0 Å². The molecule has 27 heavy (non-hydrogen) atoms. The number of amides is 1. The molecule has 0 atom stereocenters. The maximum absolute atomic E-state index is 12.2. The van der Waals surface area contributed by atoms with E-state index in [9.17, 15) is 4.79 Å². The number of hydrogen-bond donors (Lipinski definition) is 2. The Kier molecular flexibility index (Phi) is 5.35. The number of hydrogen-bond acceptors (Lipinski definition) is 6. The van der Waals surface area contributed by atoms with E-state index in [0.717, 1.165) is 38.2 Å². The van der Waals surface area contributed by atoms with Crippen molar-refractivity contribution >= 4 is 5.91 Å². The lowest BCUT2D eigenvalue weighted by Gasteiger charge is -2.39. The third-order valence-electron chi connectivity index (χ3n) is 4.86. The first-order valence-electron chi connectivity index (χ1n) is 9.49.